The first-order valence-electron chi connectivity index (χ1n) is 6.44. The van der Waals surface area contributed by atoms with Crippen LogP contribution in [0.15, 0.2) is 52.9 Å². The van der Waals surface area contributed by atoms with Crippen LogP contribution in [-0.4, -0.2) is 11.5 Å². The zero-order valence-electron chi connectivity index (χ0n) is 10.8. The van der Waals surface area contributed by atoms with Crippen LogP contribution in [0.1, 0.15) is 18.4 Å². The van der Waals surface area contributed by atoms with Crippen molar-refractivity contribution in [2.24, 2.45) is 5.73 Å². The van der Waals surface area contributed by atoms with E-state index in [0.29, 0.717) is 18.4 Å². The van der Waals surface area contributed by atoms with Crippen LogP contribution >= 0.6 is 0 Å². The molecule has 1 unspecified atom stereocenters. The molecular formula is C16H16N2O. The summed E-state index contributed by atoms with van der Waals surface area (Å²) < 4.78 is 5.78. The maximum absolute atomic E-state index is 5.78. The molecule has 0 amide bonds. The molecule has 0 saturated heterocycles. The van der Waals surface area contributed by atoms with Gasteiger partial charge in [-0.05, 0) is 42.3 Å². The number of hydrogen-bond acceptors (Lipinski definition) is 3. The highest BCUT2D eigenvalue weighted by Crippen LogP contribution is 2.26. The summed E-state index contributed by atoms with van der Waals surface area (Å²) in [6, 6.07) is 16.0. The molecule has 0 saturated carbocycles. The third-order valence-corrected chi connectivity index (χ3v) is 3.35. The highest BCUT2D eigenvalue weighted by atomic mass is 16.3. The van der Waals surface area contributed by atoms with E-state index in [-0.39, 0.29) is 0 Å². The molecule has 3 nitrogen and oxygen atoms in total. The summed E-state index contributed by atoms with van der Waals surface area (Å²) in [5.41, 5.74) is 9.59. The molecule has 0 spiro atoms. The molecule has 19 heavy (non-hydrogen) atoms. The van der Waals surface area contributed by atoms with Crippen molar-refractivity contribution in [2.45, 2.75) is 12.8 Å². The monoisotopic (exact) mass is 252 g/mol. The summed E-state index contributed by atoms with van der Waals surface area (Å²) >= 11 is 0. The molecule has 0 aliphatic heterocycles. The SMILES string of the molecule is CC(CN)c1ccc2oc(-c3ccccc3)nc2c1. The second-order valence-electron chi connectivity index (χ2n) is 4.75. The molecule has 0 bridgehead atoms. The van der Waals surface area contributed by atoms with Crippen molar-refractivity contribution >= 4 is 11.1 Å². The van der Waals surface area contributed by atoms with Gasteiger partial charge >= 0.3 is 0 Å². The van der Waals surface area contributed by atoms with Crippen molar-refractivity contribution < 1.29 is 4.42 Å². The summed E-state index contributed by atoms with van der Waals surface area (Å²) in [7, 11) is 0. The van der Waals surface area contributed by atoms with E-state index in [1.54, 1.807) is 0 Å². The van der Waals surface area contributed by atoms with Crippen LogP contribution in [0.25, 0.3) is 22.6 Å². The molecule has 2 N–H and O–H groups in total. The number of nitrogens with two attached hydrogens (primary N) is 1. The fourth-order valence-electron chi connectivity index (χ4n) is 2.09. The topological polar surface area (TPSA) is 52.0 Å². The van der Waals surface area contributed by atoms with Gasteiger partial charge in [0.1, 0.15) is 5.52 Å². The van der Waals surface area contributed by atoms with E-state index in [0.717, 1.165) is 16.7 Å². The smallest absolute Gasteiger partial charge is 0.227 e. The first-order chi connectivity index (χ1) is 9.28. The van der Waals surface area contributed by atoms with Crippen molar-refractivity contribution in [1.82, 2.24) is 4.98 Å². The normalized spacial score (nSPS) is 12.7. The number of oxazole rings is 1. The average Bonchev–Trinajstić information content (AvgIpc) is 2.90. The van der Waals surface area contributed by atoms with Crippen LogP contribution in [0.5, 0.6) is 0 Å². The summed E-state index contributed by atoms with van der Waals surface area (Å²) in [4.78, 5) is 4.55. The largest absolute Gasteiger partial charge is 0.436 e. The highest BCUT2D eigenvalue weighted by molar-refractivity contribution is 5.77. The Bertz CT molecular complexity index is 688. The van der Waals surface area contributed by atoms with Gasteiger partial charge < -0.3 is 10.2 Å². The Kier molecular flexibility index (Phi) is 3.05. The first kappa shape index (κ1) is 11.9. The molecule has 0 fully saturated rings. The van der Waals surface area contributed by atoms with Gasteiger partial charge in [0, 0.05) is 5.56 Å². The van der Waals surface area contributed by atoms with Gasteiger partial charge in [0.15, 0.2) is 5.58 Å². The van der Waals surface area contributed by atoms with Crippen molar-refractivity contribution in [3.05, 3.63) is 54.1 Å². The molecule has 0 radical (unpaired) electrons. The minimum absolute atomic E-state index is 0.335. The van der Waals surface area contributed by atoms with Gasteiger partial charge in [0.05, 0.1) is 0 Å². The lowest BCUT2D eigenvalue weighted by Crippen LogP contribution is -2.08. The van der Waals surface area contributed by atoms with Gasteiger partial charge in [-0.1, -0.05) is 31.2 Å². The van der Waals surface area contributed by atoms with Crippen molar-refractivity contribution in [1.29, 1.82) is 0 Å². The number of hydrogen-bond donors (Lipinski definition) is 1. The van der Waals surface area contributed by atoms with E-state index in [1.165, 1.54) is 5.56 Å². The molecule has 96 valence electrons. The third kappa shape index (κ3) is 2.25. The predicted octanol–water partition coefficient (Wildman–Crippen LogP) is 3.56. The van der Waals surface area contributed by atoms with E-state index in [2.05, 4.69) is 24.0 Å². The Morgan fingerprint density at radius 2 is 1.95 bits per heavy atom. The average molecular weight is 252 g/mol. The summed E-state index contributed by atoms with van der Waals surface area (Å²) in [6.45, 7) is 2.74. The van der Waals surface area contributed by atoms with E-state index >= 15 is 0 Å². The van der Waals surface area contributed by atoms with Crippen LogP contribution in [-0.2, 0) is 0 Å². The Hall–Kier alpha value is -2.13. The van der Waals surface area contributed by atoms with Crippen molar-refractivity contribution in [3.63, 3.8) is 0 Å². The Balaban J connectivity index is 2.06. The van der Waals surface area contributed by atoms with Gasteiger partial charge in [-0.2, -0.15) is 0 Å². The molecule has 3 rings (SSSR count). The number of fused-ring (bicyclic) bond motifs is 1. The van der Waals surface area contributed by atoms with Gasteiger partial charge in [-0.3, -0.25) is 0 Å². The van der Waals surface area contributed by atoms with E-state index in [9.17, 15) is 0 Å². The predicted molar refractivity (Wildman–Crippen MR) is 76.9 cm³/mol. The molecule has 1 heterocycles. The minimum Gasteiger partial charge on any atom is -0.436 e. The molecular weight excluding hydrogens is 236 g/mol. The fraction of sp³-hybridized carbons (Fsp3) is 0.188. The number of nitrogens with zero attached hydrogens (tertiary/aromatic N) is 1. The van der Waals surface area contributed by atoms with E-state index in [1.807, 2.05) is 36.4 Å². The van der Waals surface area contributed by atoms with Crippen LogP contribution in [0.2, 0.25) is 0 Å². The van der Waals surface area contributed by atoms with E-state index in [4.69, 9.17) is 10.2 Å². The van der Waals surface area contributed by atoms with Gasteiger partial charge in [0.2, 0.25) is 5.89 Å². The van der Waals surface area contributed by atoms with Crippen LogP contribution < -0.4 is 5.73 Å². The van der Waals surface area contributed by atoms with Gasteiger partial charge in [-0.25, -0.2) is 4.98 Å². The second kappa shape index (κ2) is 4.86. The summed E-state index contributed by atoms with van der Waals surface area (Å²) in [5, 5.41) is 0. The molecule has 2 aromatic carbocycles. The summed E-state index contributed by atoms with van der Waals surface area (Å²) in [5.74, 6) is 0.995. The second-order valence-corrected chi connectivity index (χ2v) is 4.75. The molecule has 3 aromatic rings. The third-order valence-electron chi connectivity index (χ3n) is 3.35. The summed E-state index contributed by atoms with van der Waals surface area (Å²) in [6.07, 6.45) is 0. The van der Waals surface area contributed by atoms with Crippen molar-refractivity contribution in [2.75, 3.05) is 6.54 Å². The quantitative estimate of drug-likeness (QED) is 0.775. The lowest BCUT2D eigenvalue weighted by atomic mass is 10.0. The zero-order valence-corrected chi connectivity index (χ0v) is 10.8. The molecule has 1 atom stereocenters. The maximum atomic E-state index is 5.78. The van der Waals surface area contributed by atoms with Crippen LogP contribution in [0, 0.1) is 0 Å². The lowest BCUT2D eigenvalue weighted by Gasteiger charge is -2.07. The van der Waals surface area contributed by atoms with Crippen LogP contribution in [0.4, 0.5) is 0 Å². The maximum Gasteiger partial charge on any atom is 0.227 e. The number of aromatic nitrogens is 1. The number of rotatable bonds is 3. The van der Waals surface area contributed by atoms with Crippen LogP contribution in [0.3, 0.4) is 0 Å². The fourth-order valence-corrected chi connectivity index (χ4v) is 2.09. The Morgan fingerprint density at radius 3 is 2.68 bits per heavy atom. The highest BCUT2D eigenvalue weighted by Gasteiger charge is 2.10. The molecule has 0 aliphatic carbocycles. The molecule has 3 heteroatoms. The standard InChI is InChI=1S/C16H16N2O/c1-11(10-17)13-7-8-15-14(9-13)18-16(19-15)12-5-3-2-4-6-12/h2-9,11H,10,17H2,1H3. The number of benzene rings is 2. The van der Waals surface area contributed by atoms with E-state index < -0.39 is 0 Å². The molecule has 1 aromatic heterocycles. The Labute approximate surface area is 112 Å². The zero-order chi connectivity index (χ0) is 13.2. The van der Waals surface area contributed by atoms with Gasteiger partial charge in [0.25, 0.3) is 0 Å². The Morgan fingerprint density at radius 1 is 1.16 bits per heavy atom. The van der Waals surface area contributed by atoms with Crippen molar-refractivity contribution in [3.8, 4) is 11.5 Å². The minimum atomic E-state index is 0.335. The lowest BCUT2D eigenvalue weighted by molar-refractivity contribution is 0.619. The van der Waals surface area contributed by atoms with Gasteiger partial charge in [-0.15, -0.1) is 0 Å². The first-order valence-corrected chi connectivity index (χ1v) is 6.44. The molecule has 0 aliphatic rings.